The molecule has 1 unspecified atom stereocenters. The average molecular weight is 319 g/mol. The van der Waals surface area contributed by atoms with Gasteiger partial charge in [0, 0.05) is 13.1 Å². The van der Waals surface area contributed by atoms with Gasteiger partial charge in [-0.2, -0.15) is 0 Å². The molecule has 1 saturated carbocycles. The third-order valence-electron chi connectivity index (χ3n) is 5.39. The van der Waals surface area contributed by atoms with E-state index in [2.05, 4.69) is 22.3 Å². The fraction of sp³-hybridized carbons (Fsp3) is 0.824. The summed E-state index contributed by atoms with van der Waals surface area (Å²) in [5.74, 6) is 1.20. The lowest BCUT2D eigenvalue weighted by Gasteiger charge is -2.21. The van der Waals surface area contributed by atoms with E-state index in [0.29, 0.717) is 12.0 Å². The number of carbonyl (C=O) groups excluding carboxylic acids is 1. The Morgan fingerprint density at radius 3 is 2.78 bits per heavy atom. The molecule has 1 aliphatic heterocycles. The second-order valence-corrected chi connectivity index (χ2v) is 6.96. The molecule has 1 atom stereocenters. The van der Waals surface area contributed by atoms with Gasteiger partial charge in [-0.3, -0.25) is 5.32 Å². The van der Waals surface area contributed by atoms with E-state index < -0.39 is 0 Å². The molecule has 23 heavy (non-hydrogen) atoms. The first-order valence-electron chi connectivity index (χ1n) is 9.23. The van der Waals surface area contributed by atoms with Crippen molar-refractivity contribution in [3.63, 3.8) is 0 Å². The van der Waals surface area contributed by atoms with Gasteiger partial charge in [0.05, 0.1) is 6.04 Å². The Hall–Kier alpha value is -1.59. The quantitative estimate of drug-likeness (QED) is 0.921. The van der Waals surface area contributed by atoms with Crippen LogP contribution in [0.25, 0.3) is 0 Å². The zero-order chi connectivity index (χ0) is 16.1. The van der Waals surface area contributed by atoms with E-state index in [0.717, 1.165) is 31.8 Å². The summed E-state index contributed by atoms with van der Waals surface area (Å²) in [7, 11) is 0. The van der Waals surface area contributed by atoms with Crippen molar-refractivity contribution >= 4 is 12.0 Å². The van der Waals surface area contributed by atoms with Crippen molar-refractivity contribution in [2.24, 2.45) is 5.92 Å². The van der Waals surface area contributed by atoms with Crippen LogP contribution in [-0.4, -0.2) is 38.8 Å². The molecule has 128 valence electrons. The van der Waals surface area contributed by atoms with Crippen LogP contribution in [0.4, 0.5) is 10.7 Å². The smallest absolute Gasteiger partial charge is 0.324 e. The Morgan fingerprint density at radius 1 is 1.17 bits per heavy atom. The normalized spacial score (nSPS) is 23.5. The van der Waals surface area contributed by atoms with Crippen LogP contribution < -0.4 is 5.32 Å². The molecule has 6 heteroatoms. The summed E-state index contributed by atoms with van der Waals surface area (Å²) in [4.78, 5) is 18.6. The van der Waals surface area contributed by atoms with Gasteiger partial charge >= 0.3 is 6.03 Å². The van der Waals surface area contributed by atoms with Crippen LogP contribution >= 0.6 is 0 Å². The third-order valence-corrected chi connectivity index (χ3v) is 5.39. The molecule has 3 rings (SSSR count). The van der Waals surface area contributed by atoms with Crippen molar-refractivity contribution in [1.29, 1.82) is 0 Å². The maximum absolute atomic E-state index is 12.4. The molecule has 2 heterocycles. The topological polar surface area (TPSA) is 63.1 Å². The van der Waals surface area contributed by atoms with Crippen molar-refractivity contribution in [2.45, 2.75) is 70.8 Å². The van der Waals surface area contributed by atoms with Crippen LogP contribution in [-0.2, 0) is 0 Å². The highest BCUT2D eigenvalue weighted by atomic mass is 16.2. The lowest BCUT2D eigenvalue weighted by atomic mass is 9.96. The number of hydrogen-bond acceptors (Lipinski definition) is 3. The lowest BCUT2D eigenvalue weighted by Crippen LogP contribution is -2.36. The summed E-state index contributed by atoms with van der Waals surface area (Å²) in [5.41, 5.74) is 0. The van der Waals surface area contributed by atoms with Crippen molar-refractivity contribution in [3.05, 3.63) is 6.33 Å². The van der Waals surface area contributed by atoms with Gasteiger partial charge in [-0.25, -0.2) is 14.5 Å². The molecule has 1 aliphatic carbocycles. The molecule has 1 saturated heterocycles. The molecular formula is C17H29N5O. The third kappa shape index (κ3) is 4.24. The van der Waals surface area contributed by atoms with Gasteiger partial charge in [0.2, 0.25) is 5.95 Å². The number of nitrogens with one attached hydrogen (secondary N) is 1. The molecule has 1 aromatic heterocycles. The number of likely N-dealkylation sites (tertiary alicyclic amines) is 1. The number of anilines is 1. The monoisotopic (exact) mass is 319 g/mol. The summed E-state index contributed by atoms with van der Waals surface area (Å²) in [6.07, 6.45) is 12.6. The molecule has 0 spiro atoms. The van der Waals surface area contributed by atoms with Crippen LogP contribution in [0, 0.1) is 5.92 Å². The summed E-state index contributed by atoms with van der Waals surface area (Å²) in [5, 5.41) is 7.35. The largest absolute Gasteiger partial charge is 0.324 e. The molecule has 1 aromatic rings. The molecule has 0 aromatic carbocycles. The number of hydrogen-bond donors (Lipinski definition) is 1. The number of urea groups is 1. The van der Waals surface area contributed by atoms with Crippen molar-refractivity contribution in [3.8, 4) is 0 Å². The fourth-order valence-corrected chi connectivity index (χ4v) is 3.81. The lowest BCUT2D eigenvalue weighted by molar-refractivity contribution is 0.212. The Balaban J connectivity index is 1.54. The van der Waals surface area contributed by atoms with Crippen LogP contribution in [0.5, 0.6) is 0 Å². The Labute approximate surface area is 138 Å². The maximum Gasteiger partial charge on any atom is 0.324 e. The van der Waals surface area contributed by atoms with E-state index in [9.17, 15) is 4.79 Å². The van der Waals surface area contributed by atoms with Crippen LogP contribution in [0.2, 0.25) is 0 Å². The number of amides is 2. The zero-order valence-corrected chi connectivity index (χ0v) is 14.2. The van der Waals surface area contributed by atoms with E-state index in [1.54, 1.807) is 6.33 Å². The highest BCUT2D eigenvalue weighted by Gasteiger charge is 2.21. The van der Waals surface area contributed by atoms with Gasteiger partial charge < -0.3 is 4.90 Å². The first-order valence-corrected chi connectivity index (χ1v) is 9.23. The SMILES string of the molecule is CCC1CCCN(C(=O)Nc2ncn(C3CCCCC3)n2)CC1. The number of carbonyl (C=O) groups is 1. The molecule has 2 amide bonds. The second-order valence-electron chi connectivity index (χ2n) is 6.96. The van der Waals surface area contributed by atoms with Crippen molar-refractivity contribution in [1.82, 2.24) is 19.7 Å². The zero-order valence-electron chi connectivity index (χ0n) is 14.2. The molecule has 2 aliphatic rings. The fourth-order valence-electron chi connectivity index (χ4n) is 3.81. The Bertz CT molecular complexity index is 509. The van der Waals surface area contributed by atoms with Gasteiger partial charge in [-0.15, -0.1) is 5.10 Å². The predicted octanol–water partition coefficient (Wildman–Crippen LogP) is 3.83. The highest BCUT2D eigenvalue weighted by molar-refractivity contribution is 5.87. The standard InChI is InChI=1S/C17H29N5O/c1-2-14-7-6-11-21(12-10-14)17(23)19-16-18-13-22(20-16)15-8-4-3-5-9-15/h13-15H,2-12H2,1H3,(H,19,20,23). The molecular weight excluding hydrogens is 290 g/mol. The van der Waals surface area contributed by atoms with E-state index in [1.165, 1.54) is 44.9 Å². The van der Waals surface area contributed by atoms with Crippen molar-refractivity contribution in [2.75, 3.05) is 18.4 Å². The first kappa shape index (κ1) is 16.3. The predicted molar refractivity (Wildman–Crippen MR) is 90.4 cm³/mol. The van der Waals surface area contributed by atoms with Crippen molar-refractivity contribution < 1.29 is 4.79 Å². The minimum absolute atomic E-state index is 0.0526. The maximum atomic E-state index is 12.4. The van der Waals surface area contributed by atoms with Gasteiger partial charge in [0.1, 0.15) is 6.33 Å². The summed E-state index contributed by atoms with van der Waals surface area (Å²) in [6, 6.07) is 0.397. The summed E-state index contributed by atoms with van der Waals surface area (Å²) < 4.78 is 1.93. The molecule has 0 radical (unpaired) electrons. The Kier molecular flexibility index (Phi) is 5.51. The highest BCUT2D eigenvalue weighted by Crippen LogP contribution is 2.27. The number of rotatable bonds is 3. The minimum Gasteiger partial charge on any atom is -0.324 e. The average Bonchev–Trinajstić information content (AvgIpc) is 2.91. The molecule has 2 fully saturated rings. The Morgan fingerprint density at radius 2 is 2.00 bits per heavy atom. The summed E-state index contributed by atoms with van der Waals surface area (Å²) >= 11 is 0. The molecule has 1 N–H and O–H groups in total. The van der Waals surface area contributed by atoms with E-state index >= 15 is 0 Å². The molecule has 0 bridgehead atoms. The number of nitrogens with zero attached hydrogens (tertiary/aromatic N) is 4. The minimum atomic E-state index is -0.0526. The van der Waals surface area contributed by atoms with E-state index in [1.807, 2.05) is 9.58 Å². The molecule has 6 nitrogen and oxygen atoms in total. The van der Waals surface area contributed by atoms with Crippen LogP contribution in [0.15, 0.2) is 6.33 Å². The van der Waals surface area contributed by atoms with Gasteiger partial charge in [0.25, 0.3) is 0 Å². The van der Waals surface area contributed by atoms with Gasteiger partial charge in [0.15, 0.2) is 0 Å². The van der Waals surface area contributed by atoms with E-state index in [-0.39, 0.29) is 6.03 Å². The second kappa shape index (κ2) is 7.79. The number of aromatic nitrogens is 3. The van der Waals surface area contributed by atoms with Crippen LogP contribution in [0.3, 0.4) is 0 Å². The van der Waals surface area contributed by atoms with Gasteiger partial charge in [-0.1, -0.05) is 32.6 Å². The van der Waals surface area contributed by atoms with E-state index in [4.69, 9.17) is 0 Å². The van der Waals surface area contributed by atoms with Gasteiger partial charge in [-0.05, 0) is 38.0 Å². The first-order chi connectivity index (χ1) is 11.3. The summed E-state index contributed by atoms with van der Waals surface area (Å²) in [6.45, 7) is 3.92. The van der Waals surface area contributed by atoms with Crippen LogP contribution in [0.1, 0.15) is 70.8 Å².